The molecule has 5 nitrogen and oxygen atoms in total. The van der Waals surface area contributed by atoms with Crippen molar-refractivity contribution < 1.29 is 13.6 Å². The van der Waals surface area contributed by atoms with Crippen LogP contribution < -0.4 is 20.9 Å². The summed E-state index contributed by atoms with van der Waals surface area (Å²) >= 11 is 12.4. The van der Waals surface area contributed by atoms with Crippen LogP contribution in [0.3, 0.4) is 0 Å². The Kier molecular flexibility index (Phi) is 10.9. The van der Waals surface area contributed by atoms with Gasteiger partial charge in [-0.05, 0) is 87.5 Å². The molecule has 0 aliphatic carbocycles. The molecule has 0 aliphatic rings. The van der Waals surface area contributed by atoms with Crippen molar-refractivity contribution in [1.82, 2.24) is 0 Å². The van der Waals surface area contributed by atoms with Crippen LogP contribution in [0.2, 0.25) is 48.3 Å². The maximum absolute atomic E-state index is 6.75. The van der Waals surface area contributed by atoms with Crippen LogP contribution in [0.1, 0.15) is 25.7 Å². The molecule has 0 spiro atoms. The highest BCUT2D eigenvalue weighted by atomic mass is 35.5. The second-order valence-corrected chi connectivity index (χ2v) is 19.4. The van der Waals surface area contributed by atoms with Gasteiger partial charge in [-0.1, -0.05) is 36.0 Å². The molecule has 0 aliphatic heterocycles. The Labute approximate surface area is 211 Å². The summed E-state index contributed by atoms with van der Waals surface area (Å²) in [5, 5.41) is 1.11. The van der Waals surface area contributed by atoms with E-state index in [0.29, 0.717) is 46.1 Å². The minimum absolute atomic E-state index is 0.554. The third kappa shape index (κ3) is 10.6. The van der Waals surface area contributed by atoms with Crippen LogP contribution in [0.4, 0.5) is 11.4 Å². The van der Waals surface area contributed by atoms with E-state index >= 15 is 0 Å². The summed E-state index contributed by atoms with van der Waals surface area (Å²) in [4.78, 5) is 0. The Morgan fingerprint density at radius 2 is 1.12 bits per heavy atom. The second kappa shape index (κ2) is 12.9. The number of halogens is 2. The molecule has 33 heavy (non-hydrogen) atoms. The normalized spacial score (nSPS) is 12.1. The summed E-state index contributed by atoms with van der Waals surface area (Å²) in [7, 11) is -3.43. The first-order valence-corrected chi connectivity index (χ1v) is 18.5. The quantitative estimate of drug-likeness (QED) is 0.150. The van der Waals surface area contributed by atoms with E-state index in [9.17, 15) is 0 Å². The lowest BCUT2D eigenvalue weighted by molar-refractivity contribution is 0.307. The molecule has 0 aromatic heterocycles. The summed E-state index contributed by atoms with van der Waals surface area (Å²) in [6.07, 6.45) is 4.10. The highest BCUT2D eigenvalue weighted by Gasteiger charge is 2.33. The lowest BCUT2D eigenvalue weighted by atomic mass is 10.3. The Balaban J connectivity index is 1.76. The van der Waals surface area contributed by atoms with E-state index in [0.717, 1.165) is 37.8 Å². The van der Waals surface area contributed by atoms with Crippen LogP contribution in [0.25, 0.3) is 0 Å². The van der Waals surface area contributed by atoms with Gasteiger partial charge in [0.25, 0.3) is 0 Å². The number of nitrogen functional groups attached to an aromatic ring is 2. The molecular weight excluding hydrogens is 491 g/mol. The molecule has 0 saturated carbocycles. The number of hydrogen-bond donors (Lipinski definition) is 2. The number of hydrogen-bond acceptors (Lipinski definition) is 5. The standard InChI is InChI=1S/C24H38Cl2N2O3Si2/c1-32(2,3)31-33(4,15-7-5-13-29-23-11-9-19(27)17-21(23)25)16-8-6-14-30-24-12-10-20(28)18-22(24)26/h9-12,17-18H,5-8,13-16,27-28H2,1-4H3. The van der Waals surface area contributed by atoms with E-state index in [2.05, 4.69) is 26.2 Å². The maximum atomic E-state index is 6.75. The number of rotatable bonds is 14. The molecule has 9 heteroatoms. The molecular formula is C24H38Cl2N2O3Si2. The molecule has 0 unspecified atom stereocenters. The Hall–Kier alpha value is -1.39. The zero-order valence-corrected chi connectivity index (χ0v) is 23.8. The number of ether oxygens (including phenoxy) is 2. The zero-order chi connectivity index (χ0) is 24.5. The lowest BCUT2D eigenvalue weighted by Gasteiger charge is -2.35. The van der Waals surface area contributed by atoms with Gasteiger partial charge in [0.05, 0.1) is 23.3 Å². The van der Waals surface area contributed by atoms with Crippen molar-refractivity contribution >= 4 is 51.2 Å². The zero-order valence-electron chi connectivity index (χ0n) is 20.3. The van der Waals surface area contributed by atoms with Crippen LogP contribution in [-0.2, 0) is 4.12 Å². The van der Waals surface area contributed by atoms with Crippen molar-refractivity contribution in [2.75, 3.05) is 24.7 Å². The SMILES string of the molecule is C[Si](C)(C)O[Si](C)(CCCCOc1ccc(N)cc1Cl)CCCCOc1ccc(N)cc1Cl. The number of benzene rings is 2. The first kappa shape index (κ1) is 27.9. The Bertz CT molecular complexity index is 833. The van der Waals surface area contributed by atoms with Crippen LogP contribution >= 0.6 is 23.2 Å². The third-order valence-electron chi connectivity index (χ3n) is 5.18. The van der Waals surface area contributed by atoms with Crippen LogP contribution in [0.5, 0.6) is 11.5 Å². The number of nitrogens with two attached hydrogens (primary N) is 2. The maximum Gasteiger partial charge on any atom is 0.176 e. The minimum atomic E-state index is -1.81. The predicted octanol–water partition coefficient (Wildman–Crippen LogP) is 7.60. The van der Waals surface area contributed by atoms with E-state index in [1.807, 2.05) is 12.1 Å². The molecule has 0 bridgehead atoms. The van der Waals surface area contributed by atoms with Crippen molar-refractivity contribution in [1.29, 1.82) is 0 Å². The third-order valence-corrected chi connectivity index (χ3v) is 13.0. The molecule has 2 aromatic carbocycles. The van der Waals surface area contributed by atoms with Gasteiger partial charge in [-0.3, -0.25) is 0 Å². The fraction of sp³-hybridized carbons (Fsp3) is 0.500. The Morgan fingerprint density at radius 3 is 1.48 bits per heavy atom. The van der Waals surface area contributed by atoms with Crippen molar-refractivity contribution in [2.24, 2.45) is 0 Å². The monoisotopic (exact) mass is 528 g/mol. The van der Waals surface area contributed by atoms with Crippen LogP contribution in [0, 0.1) is 0 Å². The summed E-state index contributed by atoms with van der Waals surface area (Å²) in [5.74, 6) is 1.37. The smallest absolute Gasteiger partial charge is 0.176 e. The van der Waals surface area contributed by atoms with Gasteiger partial charge < -0.3 is 25.1 Å². The van der Waals surface area contributed by atoms with E-state index in [-0.39, 0.29) is 0 Å². The molecule has 2 rings (SSSR count). The summed E-state index contributed by atoms with van der Waals surface area (Å²) in [6.45, 7) is 10.5. The van der Waals surface area contributed by atoms with Crippen molar-refractivity contribution in [3.05, 3.63) is 46.4 Å². The fourth-order valence-corrected chi connectivity index (χ4v) is 13.3. The summed E-state index contributed by atoms with van der Waals surface area (Å²) < 4.78 is 18.4. The molecule has 2 aromatic rings. The van der Waals surface area contributed by atoms with E-state index in [1.54, 1.807) is 24.3 Å². The largest absolute Gasteiger partial charge is 0.492 e. The lowest BCUT2D eigenvalue weighted by Crippen LogP contribution is -2.44. The summed E-state index contributed by atoms with van der Waals surface area (Å²) in [5.41, 5.74) is 12.8. The molecule has 0 heterocycles. The van der Waals surface area contributed by atoms with E-state index in [1.165, 1.54) is 0 Å². The molecule has 0 saturated heterocycles. The molecule has 0 radical (unpaired) electrons. The highest BCUT2D eigenvalue weighted by Crippen LogP contribution is 2.30. The molecule has 0 amide bonds. The van der Waals surface area contributed by atoms with Gasteiger partial charge in [0, 0.05) is 11.4 Å². The first-order valence-electron chi connectivity index (χ1n) is 11.5. The number of anilines is 2. The number of unbranched alkanes of at least 4 members (excludes halogenated alkanes) is 2. The van der Waals surface area contributed by atoms with E-state index in [4.69, 9.17) is 48.3 Å². The van der Waals surface area contributed by atoms with Crippen LogP contribution in [-0.4, -0.2) is 29.8 Å². The van der Waals surface area contributed by atoms with Crippen molar-refractivity contribution in [2.45, 2.75) is 64.0 Å². The second-order valence-electron chi connectivity index (χ2n) is 9.66. The van der Waals surface area contributed by atoms with Gasteiger partial charge in [0.1, 0.15) is 11.5 Å². The fourth-order valence-electron chi connectivity index (χ4n) is 3.80. The van der Waals surface area contributed by atoms with Gasteiger partial charge in [0.15, 0.2) is 16.6 Å². The van der Waals surface area contributed by atoms with E-state index < -0.39 is 16.6 Å². The predicted molar refractivity (Wildman–Crippen MR) is 147 cm³/mol. The minimum Gasteiger partial charge on any atom is -0.492 e. The van der Waals surface area contributed by atoms with Crippen LogP contribution in [0.15, 0.2) is 36.4 Å². The Morgan fingerprint density at radius 1 is 0.697 bits per heavy atom. The average molecular weight is 530 g/mol. The van der Waals surface area contributed by atoms with Gasteiger partial charge in [-0.25, -0.2) is 0 Å². The van der Waals surface area contributed by atoms with Gasteiger partial charge in [-0.15, -0.1) is 0 Å². The highest BCUT2D eigenvalue weighted by molar-refractivity contribution is 6.84. The molecule has 0 fully saturated rings. The van der Waals surface area contributed by atoms with Gasteiger partial charge in [-0.2, -0.15) is 0 Å². The molecule has 4 N–H and O–H groups in total. The topological polar surface area (TPSA) is 79.7 Å². The average Bonchev–Trinajstić information content (AvgIpc) is 2.69. The van der Waals surface area contributed by atoms with Crippen molar-refractivity contribution in [3.63, 3.8) is 0 Å². The summed E-state index contributed by atoms with van der Waals surface area (Å²) in [6, 6.07) is 12.9. The van der Waals surface area contributed by atoms with Gasteiger partial charge in [0.2, 0.25) is 0 Å². The van der Waals surface area contributed by atoms with Gasteiger partial charge >= 0.3 is 0 Å². The van der Waals surface area contributed by atoms with Crippen molar-refractivity contribution in [3.8, 4) is 11.5 Å². The molecule has 0 atom stereocenters. The molecule has 184 valence electrons. The first-order chi connectivity index (χ1) is 15.5.